The maximum Gasteiger partial charge on any atom is 0.258 e. The molecule has 1 amide bonds. The Morgan fingerprint density at radius 3 is 2.55 bits per heavy atom. The minimum atomic E-state index is -0.180. The summed E-state index contributed by atoms with van der Waals surface area (Å²) in [4.78, 5) is 22.7. The summed E-state index contributed by atoms with van der Waals surface area (Å²) in [5, 5.41) is 4.42. The third-order valence-corrected chi connectivity index (χ3v) is 6.32. The number of pyridine rings is 1. The van der Waals surface area contributed by atoms with Gasteiger partial charge >= 0.3 is 0 Å². The Balaban J connectivity index is 1.55. The van der Waals surface area contributed by atoms with E-state index in [1.807, 2.05) is 42.5 Å². The number of anilines is 1. The van der Waals surface area contributed by atoms with Crippen molar-refractivity contribution in [2.45, 2.75) is 20.3 Å². The van der Waals surface area contributed by atoms with Gasteiger partial charge < -0.3 is 0 Å². The molecule has 3 aromatic carbocycles. The number of amides is 1. The van der Waals surface area contributed by atoms with Gasteiger partial charge in [0.1, 0.15) is 0 Å². The molecule has 0 unspecified atom stereocenters. The molecule has 31 heavy (non-hydrogen) atoms. The van der Waals surface area contributed by atoms with Crippen LogP contribution in [0, 0.1) is 6.92 Å². The van der Waals surface area contributed by atoms with Crippen molar-refractivity contribution < 1.29 is 4.79 Å². The number of benzene rings is 3. The van der Waals surface area contributed by atoms with E-state index in [9.17, 15) is 4.79 Å². The number of thiazole rings is 1. The van der Waals surface area contributed by atoms with E-state index in [0.29, 0.717) is 10.7 Å². The molecule has 4 nitrogen and oxygen atoms in total. The zero-order chi connectivity index (χ0) is 21.4. The molecule has 0 bridgehead atoms. The van der Waals surface area contributed by atoms with Gasteiger partial charge in [0.15, 0.2) is 5.13 Å². The van der Waals surface area contributed by atoms with Gasteiger partial charge in [-0.25, -0.2) is 9.97 Å². The Morgan fingerprint density at radius 2 is 1.74 bits per heavy atom. The fourth-order valence-electron chi connectivity index (χ4n) is 3.67. The van der Waals surface area contributed by atoms with Crippen molar-refractivity contribution in [1.82, 2.24) is 9.97 Å². The number of para-hydroxylation sites is 1. The fraction of sp³-hybridized carbons (Fsp3) is 0.115. The van der Waals surface area contributed by atoms with E-state index in [-0.39, 0.29) is 5.91 Å². The zero-order valence-corrected chi connectivity index (χ0v) is 18.2. The molecule has 0 fully saturated rings. The van der Waals surface area contributed by atoms with Gasteiger partial charge in [-0.2, -0.15) is 0 Å². The van der Waals surface area contributed by atoms with Crippen LogP contribution >= 0.6 is 11.3 Å². The van der Waals surface area contributed by atoms with Crippen molar-refractivity contribution in [2.24, 2.45) is 0 Å². The monoisotopic (exact) mass is 423 g/mol. The van der Waals surface area contributed by atoms with Crippen molar-refractivity contribution in [3.8, 4) is 11.3 Å². The normalized spacial score (nSPS) is 11.2. The van der Waals surface area contributed by atoms with Gasteiger partial charge in [0.05, 0.1) is 27.0 Å². The number of aryl methyl sites for hydroxylation is 2. The summed E-state index contributed by atoms with van der Waals surface area (Å²) in [5.74, 6) is -0.180. The molecule has 0 spiro atoms. The summed E-state index contributed by atoms with van der Waals surface area (Å²) >= 11 is 1.49. The van der Waals surface area contributed by atoms with Crippen LogP contribution in [-0.4, -0.2) is 15.9 Å². The lowest BCUT2D eigenvalue weighted by atomic mass is 10.0. The molecule has 0 aliphatic rings. The topological polar surface area (TPSA) is 54.9 Å². The van der Waals surface area contributed by atoms with E-state index in [1.165, 1.54) is 22.5 Å². The number of nitrogens with zero attached hydrogens (tertiary/aromatic N) is 2. The predicted molar refractivity (Wildman–Crippen MR) is 129 cm³/mol. The van der Waals surface area contributed by atoms with Crippen LogP contribution in [0.1, 0.15) is 28.4 Å². The Kier molecular flexibility index (Phi) is 4.96. The second-order valence-corrected chi connectivity index (χ2v) is 8.60. The van der Waals surface area contributed by atoms with Gasteiger partial charge in [-0.05, 0) is 48.7 Å². The molecule has 5 heteroatoms. The molecule has 0 aliphatic heterocycles. The highest BCUT2D eigenvalue weighted by atomic mass is 32.1. The standard InChI is InChI=1S/C26H21N3OS/c1-3-17-9-11-18(12-10-17)23-15-20(19-6-4-5-7-21(19)27-23)25(30)29-26-28-22-13-8-16(2)14-24(22)31-26/h4-15H,3H2,1-2H3,(H,28,29,30). The lowest BCUT2D eigenvalue weighted by Crippen LogP contribution is -2.13. The van der Waals surface area contributed by atoms with E-state index in [4.69, 9.17) is 4.98 Å². The average Bonchev–Trinajstić information content (AvgIpc) is 3.19. The number of fused-ring (bicyclic) bond motifs is 2. The molecule has 0 atom stereocenters. The Bertz CT molecular complexity index is 1420. The van der Waals surface area contributed by atoms with Crippen LogP contribution in [-0.2, 0) is 6.42 Å². The summed E-state index contributed by atoms with van der Waals surface area (Å²) in [6.07, 6.45) is 0.987. The Labute approximate surface area is 184 Å². The largest absolute Gasteiger partial charge is 0.298 e. The summed E-state index contributed by atoms with van der Waals surface area (Å²) in [6.45, 7) is 4.18. The number of aromatic nitrogens is 2. The minimum Gasteiger partial charge on any atom is -0.298 e. The molecule has 5 rings (SSSR count). The number of hydrogen-bond donors (Lipinski definition) is 1. The van der Waals surface area contributed by atoms with Crippen molar-refractivity contribution in [1.29, 1.82) is 0 Å². The highest BCUT2D eigenvalue weighted by Gasteiger charge is 2.16. The molecule has 0 saturated heterocycles. The first-order valence-electron chi connectivity index (χ1n) is 10.3. The van der Waals surface area contributed by atoms with Crippen molar-refractivity contribution in [3.05, 3.63) is 89.5 Å². The van der Waals surface area contributed by atoms with Gasteiger partial charge in [0.25, 0.3) is 5.91 Å². The van der Waals surface area contributed by atoms with Crippen LogP contribution in [0.3, 0.4) is 0 Å². The molecule has 0 radical (unpaired) electrons. The highest BCUT2D eigenvalue weighted by Crippen LogP contribution is 2.29. The second-order valence-electron chi connectivity index (χ2n) is 7.57. The van der Waals surface area contributed by atoms with Gasteiger partial charge in [0, 0.05) is 10.9 Å². The van der Waals surface area contributed by atoms with Gasteiger partial charge in [-0.1, -0.05) is 66.8 Å². The molecular weight excluding hydrogens is 402 g/mol. The fourth-order valence-corrected chi connectivity index (χ4v) is 4.63. The zero-order valence-electron chi connectivity index (χ0n) is 17.3. The number of nitrogens with one attached hydrogen (secondary N) is 1. The number of hydrogen-bond acceptors (Lipinski definition) is 4. The molecule has 0 saturated carbocycles. The van der Waals surface area contributed by atoms with Crippen LogP contribution in [0.25, 0.3) is 32.4 Å². The third-order valence-electron chi connectivity index (χ3n) is 5.38. The quantitative estimate of drug-likeness (QED) is 0.353. The predicted octanol–water partition coefficient (Wildman–Crippen LogP) is 6.63. The first-order valence-corrected chi connectivity index (χ1v) is 11.1. The molecule has 2 aromatic heterocycles. The van der Waals surface area contributed by atoms with E-state index < -0.39 is 0 Å². The van der Waals surface area contributed by atoms with E-state index >= 15 is 0 Å². The summed E-state index contributed by atoms with van der Waals surface area (Å²) < 4.78 is 1.06. The maximum absolute atomic E-state index is 13.3. The molecule has 152 valence electrons. The van der Waals surface area contributed by atoms with E-state index in [2.05, 4.69) is 54.5 Å². The number of carbonyl (C=O) groups excluding carboxylic acids is 1. The maximum atomic E-state index is 13.3. The summed E-state index contributed by atoms with van der Waals surface area (Å²) in [5.41, 5.74) is 6.50. The summed E-state index contributed by atoms with van der Waals surface area (Å²) in [7, 11) is 0. The molecular formula is C26H21N3OS. The summed E-state index contributed by atoms with van der Waals surface area (Å²) in [6, 6.07) is 24.0. The van der Waals surface area contributed by atoms with Crippen LogP contribution in [0.15, 0.2) is 72.8 Å². The lowest BCUT2D eigenvalue weighted by Gasteiger charge is -2.10. The smallest absolute Gasteiger partial charge is 0.258 e. The van der Waals surface area contributed by atoms with Crippen molar-refractivity contribution in [3.63, 3.8) is 0 Å². The molecule has 5 aromatic rings. The van der Waals surface area contributed by atoms with E-state index in [0.717, 1.165) is 38.8 Å². The second kappa shape index (κ2) is 7.93. The van der Waals surface area contributed by atoms with Gasteiger partial charge in [-0.15, -0.1) is 0 Å². The molecule has 1 N–H and O–H groups in total. The first kappa shape index (κ1) is 19.4. The van der Waals surface area contributed by atoms with Crippen LogP contribution < -0.4 is 5.32 Å². The number of rotatable bonds is 4. The highest BCUT2D eigenvalue weighted by molar-refractivity contribution is 7.22. The Morgan fingerprint density at radius 1 is 0.935 bits per heavy atom. The average molecular weight is 424 g/mol. The van der Waals surface area contributed by atoms with Gasteiger partial charge in [-0.3, -0.25) is 10.1 Å². The van der Waals surface area contributed by atoms with Crippen LogP contribution in [0.4, 0.5) is 5.13 Å². The van der Waals surface area contributed by atoms with Crippen LogP contribution in [0.5, 0.6) is 0 Å². The van der Waals surface area contributed by atoms with Crippen LogP contribution in [0.2, 0.25) is 0 Å². The molecule has 2 heterocycles. The lowest BCUT2D eigenvalue weighted by molar-refractivity contribution is 0.102. The van der Waals surface area contributed by atoms with E-state index in [1.54, 1.807) is 0 Å². The van der Waals surface area contributed by atoms with Gasteiger partial charge in [0.2, 0.25) is 0 Å². The molecule has 0 aliphatic carbocycles. The third kappa shape index (κ3) is 3.80. The SMILES string of the molecule is CCc1ccc(-c2cc(C(=O)Nc3nc4ccc(C)cc4s3)c3ccccc3n2)cc1. The van der Waals surface area contributed by atoms with Crippen molar-refractivity contribution >= 4 is 43.5 Å². The Hall–Kier alpha value is -3.57. The minimum absolute atomic E-state index is 0.180. The van der Waals surface area contributed by atoms with Crippen molar-refractivity contribution in [2.75, 3.05) is 5.32 Å². The first-order chi connectivity index (χ1) is 15.1. The number of carbonyl (C=O) groups is 1.